The number of aryl methyl sites for hydroxylation is 1. The van der Waals surface area contributed by atoms with Crippen molar-refractivity contribution >= 4 is 23.0 Å². The summed E-state index contributed by atoms with van der Waals surface area (Å²) in [5, 5.41) is 5.38. The molecule has 2 heterocycles. The predicted molar refractivity (Wildman–Crippen MR) is 89.1 cm³/mol. The third kappa shape index (κ3) is 3.42. The van der Waals surface area contributed by atoms with Gasteiger partial charge in [-0.25, -0.2) is 14.6 Å². The number of amides is 2. The van der Waals surface area contributed by atoms with Crippen LogP contribution in [0.25, 0.3) is 11.0 Å². The summed E-state index contributed by atoms with van der Waals surface area (Å²) in [5.41, 5.74) is 2.20. The van der Waals surface area contributed by atoms with Crippen LogP contribution in [0, 0.1) is 0 Å². The summed E-state index contributed by atoms with van der Waals surface area (Å²) in [6.45, 7) is 4.52. The lowest BCUT2D eigenvalue weighted by Crippen LogP contribution is -2.35. The summed E-state index contributed by atoms with van der Waals surface area (Å²) < 4.78 is 12.1. The number of hydrogen-bond acceptors (Lipinski definition) is 5. The van der Waals surface area contributed by atoms with Gasteiger partial charge in [0.25, 0.3) is 0 Å². The van der Waals surface area contributed by atoms with Crippen molar-refractivity contribution in [2.45, 2.75) is 20.4 Å². The number of urea groups is 1. The molecular formula is C16H22N4O4. The second-order valence-electron chi connectivity index (χ2n) is 5.04. The Morgan fingerprint density at radius 3 is 2.62 bits per heavy atom. The standard InChI is InChI=1S/C16H22N4O4/c1-5-17-16(22)18-9-11-13(15(21)24-6-2)14-10(20(11)3)7-8-12(19-14)23-4/h7-8H,5-6,9H2,1-4H3,(H2,17,18,22). The quantitative estimate of drug-likeness (QED) is 0.782. The first-order valence-corrected chi connectivity index (χ1v) is 7.74. The van der Waals surface area contributed by atoms with E-state index in [4.69, 9.17) is 9.47 Å². The number of carbonyl (C=O) groups is 2. The number of fused-ring (bicyclic) bond motifs is 1. The molecule has 8 heteroatoms. The third-order valence-corrected chi connectivity index (χ3v) is 3.58. The van der Waals surface area contributed by atoms with Gasteiger partial charge in [-0.1, -0.05) is 0 Å². The highest BCUT2D eigenvalue weighted by atomic mass is 16.5. The lowest BCUT2D eigenvalue weighted by Gasteiger charge is -2.09. The van der Waals surface area contributed by atoms with Crippen molar-refractivity contribution in [1.29, 1.82) is 0 Å². The molecule has 0 unspecified atom stereocenters. The van der Waals surface area contributed by atoms with Gasteiger partial charge in [-0.3, -0.25) is 0 Å². The average molecular weight is 334 g/mol. The Morgan fingerprint density at radius 2 is 2.00 bits per heavy atom. The summed E-state index contributed by atoms with van der Waals surface area (Å²) in [5.74, 6) is -0.0709. The number of hydrogen-bond donors (Lipinski definition) is 2. The van der Waals surface area contributed by atoms with Gasteiger partial charge < -0.3 is 24.7 Å². The van der Waals surface area contributed by atoms with Crippen molar-refractivity contribution < 1.29 is 19.1 Å². The molecule has 8 nitrogen and oxygen atoms in total. The highest BCUT2D eigenvalue weighted by Gasteiger charge is 2.24. The van der Waals surface area contributed by atoms with Gasteiger partial charge in [0.2, 0.25) is 5.88 Å². The molecule has 0 atom stereocenters. The van der Waals surface area contributed by atoms with E-state index < -0.39 is 5.97 Å². The zero-order valence-electron chi connectivity index (χ0n) is 14.3. The molecule has 0 saturated heterocycles. The summed E-state index contributed by atoms with van der Waals surface area (Å²) in [4.78, 5) is 28.5. The number of nitrogens with zero attached hydrogens (tertiary/aromatic N) is 2. The van der Waals surface area contributed by atoms with Crippen LogP contribution in [-0.2, 0) is 18.3 Å². The van der Waals surface area contributed by atoms with Crippen molar-refractivity contribution in [3.8, 4) is 5.88 Å². The number of nitrogens with one attached hydrogen (secondary N) is 2. The van der Waals surface area contributed by atoms with Crippen molar-refractivity contribution in [3.63, 3.8) is 0 Å². The Morgan fingerprint density at radius 1 is 1.25 bits per heavy atom. The molecule has 0 spiro atoms. The fourth-order valence-electron chi connectivity index (χ4n) is 2.46. The third-order valence-electron chi connectivity index (χ3n) is 3.58. The van der Waals surface area contributed by atoms with Crippen LogP contribution in [-0.4, -0.2) is 41.8 Å². The van der Waals surface area contributed by atoms with Crippen molar-refractivity contribution in [3.05, 3.63) is 23.4 Å². The van der Waals surface area contributed by atoms with Crippen LogP contribution in [0.5, 0.6) is 5.88 Å². The fraction of sp³-hybridized carbons (Fsp3) is 0.438. The van der Waals surface area contributed by atoms with Gasteiger partial charge in [0.15, 0.2) is 0 Å². The van der Waals surface area contributed by atoms with Crippen LogP contribution >= 0.6 is 0 Å². The number of aromatic nitrogens is 2. The maximum absolute atomic E-state index is 12.4. The second kappa shape index (κ2) is 7.67. The van der Waals surface area contributed by atoms with Crippen LogP contribution < -0.4 is 15.4 Å². The smallest absolute Gasteiger partial charge is 0.342 e. The van der Waals surface area contributed by atoms with Crippen LogP contribution in [0.4, 0.5) is 4.79 Å². The fourth-order valence-corrected chi connectivity index (χ4v) is 2.46. The van der Waals surface area contributed by atoms with Crippen molar-refractivity contribution in [2.24, 2.45) is 7.05 Å². The van der Waals surface area contributed by atoms with E-state index in [2.05, 4.69) is 15.6 Å². The molecular weight excluding hydrogens is 312 g/mol. The number of rotatable bonds is 6. The maximum atomic E-state index is 12.4. The van der Waals surface area contributed by atoms with Gasteiger partial charge in [-0.2, -0.15) is 0 Å². The second-order valence-corrected chi connectivity index (χ2v) is 5.04. The van der Waals surface area contributed by atoms with E-state index in [-0.39, 0.29) is 19.2 Å². The SMILES string of the molecule is CCNC(=O)NCc1c(C(=O)OCC)c2nc(OC)ccc2n1C. The minimum atomic E-state index is -0.475. The zero-order chi connectivity index (χ0) is 17.7. The Hall–Kier alpha value is -2.77. The average Bonchev–Trinajstić information content (AvgIpc) is 2.85. The predicted octanol–water partition coefficient (Wildman–Crippen LogP) is 1.58. The Bertz CT molecular complexity index is 754. The van der Waals surface area contributed by atoms with Crippen molar-refractivity contribution in [2.75, 3.05) is 20.3 Å². The molecule has 0 fully saturated rings. The summed E-state index contributed by atoms with van der Waals surface area (Å²) in [6, 6.07) is 3.24. The van der Waals surface area contributed by atoms with Crippen LogP contribution in [0.2, 0.25) is 0 Å². The van der Waals surface area contributed by atoms with E-state index in [9.17, 15) is 9.59 Å². The normalized spacial score (nSPS) is 10.5. The molecule has 0 aliphatic rings. The molecule has 0 aliphatic carbocycles. The number of carbonyl (C=O) groups excluding carboxylic acids is 2. The number of esters is 1. The highest BCUT2D eigenvalue weighted by Crippen LogP contribution is 2.26. The van der Waals surface area contributed by atoms with E-state index in [0.717, 1.165) is 5.52 Å². The van der Waals surface area contributed by atoms with Gasteiger partial charge in [0.1, 0.15) is 11.1 Å². The molecule has 0 saturated carbocycles. The molecule has 2 aromatic heterocycles. The van der Waals surface area contributed by atoms with Crippen LogP contribution in [0.1, 0.15) is 29.9 Å². The van der Waals surface area contributed by atoms with Gasteiger partial charge in [0.05, 0.1) is 31.5 Å². The lowest BCUT2D eigenvalue weighted by atomic mass is 10.2. The minimum absolute atomic E-state index is 0.176. The molecule has 2 aromatic rings. The monoisotopic (exact) mass is 334 g/mol. The van der Waals surface area contributed by atoms with Crippen LogP contribution in [0.3, 0.4) is 0 Å². The van der Waals surface area contributed by atoms with E-state index in [0.29, 0.717) is 29.2 Å². The molecule has 0 radical (unpaired) electrons. The highest BCUT2D eigenvalue weighted by molar-refractivity contribution is 6.04. The first-order valence-electron chi connectivity index (χ1n) is 7.74. The van der Waals surface area contributed by atoms with Gasteiger partial charge in [-0.05, 0) is 19.9 Å². The first kappa shape index (κ1) is 17.6. The number of ether oxygens (including phenoxy) is 2. The van der Waals surface area contributed by atoms with E-state index in [1.807, 2.05) is 24.6 Å². The largest absolute Gasteiger partial charge is 0.481 e. The molecule has 24 heavy (non-hydrogen) atoms. The molecule has 0 aromatic carbocycles. The summed E-state index contributed by atoms with van der Waals surface area (Å²) >= 11 is 0. The molecule has 2 N–H and O–H groups in total. The Balaban J connectivity index is 2.50. The number of pyridine rings is 1. The molecule has 0 aliphatic heterocycles. The number of methoxy groups -OCH3 is 1. The molecule has 2 amide bonds. The van der Waals surface area contributed by atoms with E-state index in [1.165, 1.54) is 7.11 Å². The van der Waals surface area contributed by atoms with Crippen LogP contribution in [0.15, 0.2) is 12.1 Å². The first-order chi connectivity index (χ1) is 11.5. The molecule has 2 rings (SSSR count). The summed E-state index contributed by atoms with van der Waals surface area (Å²) in [7, 11) is 3.33. The Kier molecular flexibility index (Phi) is 5.62. The topological polar surface area (TPSA) is 94.5 Å². The van der Waals surface area contributed by atoms with Gasteiger partial charge in [-0.15, -0.1) is 0 Å². The summed E-state index contributed by atoms with van der Waals surface area (Å²) in [6.07, 6.45) is 0. The molecule has 0 bridgehead atoms. The molecule has 130 valence electrons. The van der Waals surface area contributed by atoms with E-state index in [1.54, 1.807) is 13.0 Å². The maximum Gasteiger partial charge on any atom is 0.342 e. The van der Waals surface area contributed by atoms with Gasteiger partial charge >= 0.3 is 12.0 Å². The van der Waals surface area contributed by atoms with Gasteiger partial charge in [0, 0.05) is 19.7 Å². The Labute approximate surface area is 140 Å². The van der Waals surface area contributed by atoms with Crippen molar-refractivity contribution in [1.82, 2.24) is 20.2 Å². The lowest BCUT2D eigenvalue weighted by molar-refractivity contribution is 0.0526. The van der Waals surface area contributed by atoms with E-state index >= 15 is 0 Å². The minimum Gasteiger partial charge on any atom is -0.481 e. The zero-order valence-corrected chi connectivity index (χ0v) is 14.3.